The van der Waals surface area contributed by atoms with Crippen molar-refractivity contribution in [2.24, 2.45) is 0 Å². The van der Waals surface area contributed by atoms with Gasteiger partial charge in [-0.1, -0.05) is 0 Å². The van der Waals surface area contributed by atoms with Gasteiger partial charge in [-0.3, -0.25) is 0 Å². The summed E-state index contributed by atoms with van der Waals surface area (Å²) in [5.74, 6) is 0. The molecule has 0 aliphatic carbocycles. The zero-order valence-electron chi connectivity index (χ0n) is 3.78. The minimum absolute atomic E-state index is 0. The van der Waals surface area contributed by atoms with Gasteiger partial charge in [0.25, 0.3) is 0 Å². The second-order valence-electron chi connectivity index (χ2n) is 0. The van der Waals surface area contributed by atoms with Crippen LogP contribution in [0.1, 0.15) is 2.85 Å². The summed E-state index contributed by atoms with van der Waals surface area (Å²) >= 11 is 0. The predicted molar refractivity (Wildman–Crippen MR) is 32.9 cm³/mol. The first-order chi connectivity index (χ1) is 0. The molecule has 0 aliphatic heterocycles. The molecule has 5 heavy (non-hydrogen) atoms. The van der Waals surface area contributed by atoms with Gasteiger partial charge in [0.05, 0.1) is 0 Å². The molecule has 0 saturated carbocycles. The van der Waals surface area contributed by atoms with E-state index in [2.05, 4.69) is 0 Å². The Kier molecular flexibility index (Phi) is 304. The molecule has 0 saturated heterocycles. The molecule has 0 aromatic carbocycles. The van der Waals surface area contributed by atoms with Crippen molar-refractivity contribution in [3.63, 3.8) is 0 Å². The Bertz CT molecular complexity index is 17.7. The first-order valence-electron chi connectivity index (χ1n) is 0. The largest absolute Gasteiger partial charge is 2.00 e. The topological polar surface area (TPSA) is 31.5 Å². The molecule has 0 atom stereocenters. The van der Waals surface area contributed by atoms with Gasteiger partial charge in [0.1, 0.15) is 0 Å². The number of hydrogen-bond acceptors (Lipinski definition) is 0. The minimum Gasteiger partial charge on any atom is -1.00 e. The second kappa shape index (κ2) is 30.8. The molecule has 0 heterocycles. The van der Waals surface area contributed by atoms with Gasteiger partial charge in [0.2, 0.25) is 0 Å². The van der Waals surface area contributed by atoms with Crippen LogP contribution in [-0.2, 0) is 32.7 Å². The van der Waals surface area contributed by atoms with E-state index in [4.69, 9.17) is 0 Å². The van der Waals surface area contributed by atoms with Gasteiger partial charge in [0, 0.05) is 32.7 Å². The van der Waals surface area contributed by atoms with Crippen LogP contribution in [0.15, 0.2) is 0 Å². The van der Waals surface area contributed by atoms with Crippen LogP contribution in [0.3, 0.4) is 0 Å². The van der Waals surface area contributed by atoms with E-state index < -0.39 is 0 Å². The van der Waals surface area contributed by atoms with E-state index in [0.717, 1.165) is 0 Å². The molecule has 1 radical (unpaired) electrons. The Hall–Kier alpha value is 2.58. The molecule has 1 nitrogen and oxygen atoms in total. The van der Waals surface area contributed by atoms with Gasteiger partial charge in [-0.15, -0.1) is 0 Å². The van der Waals surface area contributed by atoms with Gasteiger partial charge in [-0.25, -0.2) is 0 Å². The fourth-order valence-electron chi connectivity index (χ4n) is 0. The van der Waals surface area contributed by atoms with Gasteiger partial charge in [0.15, 0.2) is 17.4 Å². The van der Waals surface area contributed by atoms with Gasteiger partial charge < -0.3 is 8.33 Å². The zero-order chi connectivity index (χ0) is 0. The van der Waals surface area contributed by atoms with Crippen molar-refractivity contribution in [2.45, 2.75) is 0 Å². The van der Waals surface area contributed by atoms with E-state index in [9.17, 15) is 0 Å². The Morgan fingerprint density at radius 2 is 1.20 bits per heavy atom. The van der Waals surface area contributed by atoms with E-state index >= 15 is 0 Å². The summed E-state index contributed by atoms with van der Waals surface area (Å²) in [6, 6.07) is 0. The molecular formula is H11AlMgOSiY. The van der Waals surface area contributed by atoms with Crippen molar-refractivity contribution >= 4 is 51.4 Å². The third-order valence-corrected chi connectivity index (χ3v) is 0. The van der Waals surface area contributed by atoms with Crippen LogP contribution < -0.4 is 0 Å². The average molecular weight is 195 g/mol. The molecule has 0 fully saturated rings. The van der Waals surface area contributed by atoms with Gasteiger partial charge >= 0.3 is 23.1 Å². The molecule has 0 spiro atoms. The Labute approximate surface area is 91.1 Å². The van der Waals surface area contributed by atoms with Crippen molar-refractivity contribution in [3.8, 4) is 0 Å². The summed E-state index contributed by atoms with van der Waals surface area (Å²) in [4.78, 5) is 0. The quantitative estimate of drug-likeness (QED) is 0.358. The van der Waals surface area contributed by atoms with E-state index in [1.807, 2.05) is 0 Å². The smallest absolute Gasteiger partial charge is 1.00 e. The minimum atomic E-state index is 0. The van der Waals surface area contributed by atoms with Crippen LogP contribution in [0.5, 0.6) is 0 Å². The molecule has 0 bridgehead atoms. The predicted octanol–water partition coefficient (Wildman–Crippen LogP) is -3.62. The Morgan fingerprint density at radius 1 is 1.20 bits per heavy atom. The standard InChI is InChI=1S/Al.Mg.H2O.H4Si.Y.5H/h;;1H2;1H4;;;;;;/q;+2;;;;;;;2*-1. The van der Waals surface area contributed by atoms with Gasteiger partial charge in [-0.05, 0) is 11.0 Å². The summed E-state index contributed by atoms with van der Waals surface area (Å²) < 4.78 is 0. The maximum Gasteiger partial charge on any atom is 2.00 e. The maximum atomic E-state index is 0. The molecule has 2 N–H and O–H groups in total. The Balaban J connectivity index is 0. The summed E-state index contributed by atoms with van der Waals surface area (Å²) in [5, 5.41) is 0. The van der Waals surface area contributed by atoms with Crippen LogP contribution >= 0.6 is 0 Å². The molecule has 0 aliphatic rings. The van der Waals surface area contributed by atoms with Crippen molar-refractivity contribution in [1.29, 1.82) is 0 Å². The third-order valence-electron chi connectivity index (χ3n) is 0. The third kappa shape index (κ3) is 20.7. The molecule has 5 heteroatoms. The molecule has 0 aromatic heterocycles. The maximum absolute atomic E-state index is 0. The first-order valence-corrected chi connectivity index (χ1v) is 0. The van der Waals surface area contributed by atoms with Gasteiger partial charge in [-0.2, -0.15) is 0 Å². The van der Waals surface area contributed by atoms with Crippen molar-refractivity contribution in [1.82, 2.24) is 0 Å². The van der Waals surface area contributed by atoms with Crippen LogP contribution in [0.4, 0.5) is 0 Å². The monoisotopic (exact) mass is 195 g/mol. The zero-order valence-corrected chi connectivity index (χ0v) is 6.04. The summed E-state index contributed by atoms with van der Waals surface area (Å²) in [7, 11) is 0. The van der Waals surface area contributed by atoms with E-state index in [1.54, 1.807) is 0 Å². The number of rotatable bonds is 0. The van der Waals surface area contributed by atoms with Crippen molar-refractivity contribution in [2.75, 3.05) is 0 Å². The molecule has 0 rings (SSSR count). The molecular weight excluding hydrogens is 184 g/mol. The fourth-order valence-corrected chi connectivity index (χ4v) is 0. The first kappa shape index (κ1) is 49.3. The van der Waals surface area contributed by atoms with Crippen LogP contribution in [-0.4, -0.2) is 56.9 Å². The fraction of sp³-hybridized carbons (Fsp3) is 0. The van der Waals surface area contributed by atoms with Crippen LogP contribution in [0, 0.1) is 0 Å². The average Bonchev–Trinajstić information content (AvgIpc) is 0. The van der Waals surface area contributed by atoms with E-state index in [-0.39, 0.29) is 92.4 Å². The molecule has 0 amide bonds. The van der Waals surface area contributed by atoms with Crippen LogP contribution in [0.2, 0.25) is 0 Å². The van der Waals surface area contributed by atoms with Crippen LogP contribution in [0.25, 0.3) is 0 Å². The van der Waals surface area contributed by atoms with Crippen molar-refractivity contribution < 1.29 is 41.0 Å². The summed E-state index contributed by atoms with van der Waals surface area (Å²) in [6.07, 6.45) is 0. The summed E-state index contributed by atoms with van der Waals surface area (Å²) in [5.41, 5.74) is 0. The second-order valence-corrected chi connectivity index (χ2v) is 0. The van der Waals surface area contributed by atoms with E-state index in [1.165, 1.54) is 0 Å². The summed E-state index contributed by atoms with van der Waals surface area (Å²) in [6.45, 7) is 0. The normalized spacial score (nSPS) is 0. The van der Waals surface area contributed by atoms with Crippen molar-refractivity contribution in [3.05, 3.63) is 0 Å². The molecule has 0 unspecified atom stereocenters. The molecule has 0 aromatic rings. The molecule has 29 valence electrons. The SMILES string of the molecule is O.[AlH3].[H-].[H-].[Mg+2].[SiH4].[Y]. The number of hydrogen-bond donors (Lipinski definition) is 0. The Morgan fingerprint density at radius 3 is 1.20 bits per heavy atom. The van der Waals surface area contributed by atoms with E-state index in [0.29, 0.717) is 0 Å².